The van der Waals surface area contributed by atoms with Crippen molar-refractivity contribution >= 4 is 17.1 Å². The molecule has 1 aromatic heterocycles. The largest absolute Gasteiger partial charge is 0.299 e. The van der Waals surface area contributed by atoms with Gasteiger partial charge in [-0.1, -0.05) is 6.07 Å². The summed E-state index contributed by atoms with van der Waals surface area (Å²) in [4.78, 5) is 12.7. The standard InChI is InChI=1S/C10H12OS/c11-10-5-1-3-8(10)7-9-4-2-6-12-9/h2,4,6,8H,1,3,5,7H2. The van der Waals surface area contributed by atoms with E-state index in [2.05, 4.69) is 17.5 Å². The van der Waals surface area contributed by atoms with Crippen LogP contribution >= 0.6 is 11.3 Å². The molecule has 12 heavy (non-hydrogen) atoms. The molecule has 0 bridgehead atoms. The average molecular weight is 180 g/mol. The van der Waals surface area contributed by atoms with Crippen LogP contribution in [0.1, 0.15) is 24.1 Å². The Labute approximate surface area is 76.4 Å². The average Bonchev–Trinajstić information content (AvgIpc) is 2.65. The normalized spacial score (nSPS) is 23.3. The molecule has 1 aromatic rings. The lowest BCUT2D eigenvalue weighted by Gasteiger charge is -2.03. The van der Waals surface area contributed by atoms with Crippen LogP contribution in [0, 0.1) is 5.92 Å². The number of Topliss-reactive ketones (excluding diaryl/α,β-unsaturated/α-hetero) is 1. The molecular weight excluding hydrogens is 168 g/mol. The first kappa shape index (κ1) is 7.99. The second kappa shape index (κ2) is 3.40. The minimum absolute atomic E-state index is 0.337. The number of carbonyl (C=O) groups excluding carboxylic acids is 1. The van der Waals surface area contributed by atoms with E-state index in [0.717, 1.165) is 25.7 Å². The lowest BCUT2D eigenvalue weighted by Crippen LogP contribution is -2.08. The van der Waals surface area contributed by atoms with Crippen molar-refractivity contribution in [1.29, 1.82) is 0 Å². The second-order valence-corrected chi connectivity index (χ2v) is 4.37. The number of hydrogen-bond donors (Lipinski definition) is 0. The van der Waals surface area contributed by atoms with Crippen molar-refractivity contribution in [3.63, 3.8) is 0 Å². The Balaban J connectivity index is 1.99. The molecule has 0 aliphatic heterocycles. The third-order valence-electron chi connectivity index (χ3n) is 2.46. The third kappa shape index (κ3) is 1.58. The first-order chi connectivity index (χ1) is 5.86. The Bertz CT molecular complexity index is 263. The lowest BCUT2D eigenvalue weighted by molar-refractivity contribution is -0.120. The summed E-state index contributed by atoms with van der Waals surface area (Å²) in [5.74, 6) is 0.812. The molecule has 2 heteroatoms. The predicted molar refractivity (Wildman–Crippen MR) is 50.4 cm³/mol. The van der Waals surface area contributed by atoms with Crippen molar-refractivity contribution in [2.75, 3.05) is 0 Å². The fraction of sp³-hybridized carbons (Fsp3) is 0.500. The zero-order chi connectivity index (χ0) is 8.39. The maximum Gasteiger partial charge on any atom is 0.136 e. The van der Waals surface area contributed by atoms with E-state index >= 15 is 0 Å². The molecule has 0 aromatic carbocycles. The number of ketones is 1. The van der Waals surface area contributed by atoms with Gasteiger partial charge >= 0.3 is 0 Å². The molecule has 1 atom stereocenters. The smallest absolute Gasteiger partial charge is 0.136 e. The van der Waals surface area contributed by atoms with Gasteiger partial charge in [0.25, 0.3) is 0 Å². The van der Waals surface area contributed by atoms with E-state index in [1.165, 1.54) is 4.88 Å². The Kier molecular flexibility index (Phi) is 2.26. The summed E-state index contributed by atoms with van der Waals surface area (Å²) >= 11 is 1.76. The molecule has 1 fully saturated rings. The highest BCUT2D eigenvalue weighted by molar-refractivity contribution is 7.09. The van der Waals surface area contributed by atoms with Crippen LogP contribution in [-0.4, -0.2) is 5.78 Å². The summed E-state index contributed by atoms with van der Waals surface area (Å²) in [6.45, 7) is 0. The van der Waals surface area contributed by atoms with E-state index in [-0.39, 0.29) is 0 Å². The van der Waals surface area contributed by atoms with E-state index in [4.69, 9.17) is 0 Å². The van der Waals surface area contributed by atoms with E-state index in [9.17, 15) is 4.79 Å². The van der Waals surface area contributed by atoms with Crippen LogP contribution in [-0.2, 0) is 11.2 Å². The van der Waals surface area contributed by atoms with Crippen LogP contribution in [0.15, 0.2) is 17.5 Å². The zero-order valence-electron chi connectivity index (χ0n) is 6.95. The van der Waals surface area contributed by atoms with Crippen LogP contribution in [0.3, 0.4) is 0 Å². The number of carbonyl (C=O) groups is 1. The molecule has 1 unspecified atom stereocenters. The van der Waals surface area contributed by atoms with Crippen molar-refractivity contribution in [1.82, 2.24) is 0 Å². The van der Waals surface area contributed by atoms with Crippen LogP contribution in [0.5, 0.6) is 0 Å². The summed E-state index contributed by atoms with van der Waals surface area (Å²) in [6, 6.07) is 4.18. The molecule has 0 N–H and O–H groups in total. The number of thiophene rings is 1. The molecule has 0 spiro atoms. The van der Waals surface area contributed by atoms with Crippen molar-refractivity contribution in [3.05, 3.63) is 22.4 Å². The van der Waals surface area contributed by atoms with E-state index in [0.29, 0.717) is 11.7 Å². The summed E-state index contributed by atoms with van der Waals surface area (Å²) in [6.07, 6.45) is 4.01. The Morgan fingerprint density at radius 3 is 3.08 bits per heavy atom. The van der Waals surface area contributed by atoms with Gasteiger partial charge in [-0.05, 0) is 30.7 Å². The highest BCUT2D eigenvalue weighted by Gasteiger charge is 2.24. The van der Waals surface area contributed by atoms with Gasteiger partial charge in [-0.15, -0.1) is 11.3 Å². The van der Waals surface area contributed by atoms with Gasteiger partial charge in [-0.3, -0.25) is 4.79 Å². The van der Waals surface area contributed by atoms with Crippen molar-refractivity contribution in [3.8, 4) is 0 Å². The van der Waals surface area contributed by atoms with Crippen molar-refractivity contribution in [2.24, 2.45) is 5.92 Å². The zero-order valence-corrected chi connectivity index (χ0v) is 7.77. The first-order valence-electron chi connectivity index (χ1n) is 4.41. The lowest BCUT2D eigenvalue weighted by atomic mass is 10.0. The fourth-order valence-electron chi connectivity index (χ4n) is 1.78. The Hall–Kier alpha value is -0.630. The first-order valence-corrected chi connectivity index (χ1v) is 5.29. The predicted octanol–water partition coefficient (Wildman–Crippen LogP) is 2.66. The van der Waals surface area contributed by atoms with E-state index in [1.54, 1.807) is 11.3 Å². The molecule has 1 aliphatic rings. The van der Waals surface area contributed by atoms with Crippen molar-refractivity contribution in [2.45, 2.75) is 25.7 Å². The van der Waals surface area contributed by atoms with Gasteiger partial charge < -0.3 is 0 Å². The van der Waals surface area contributed by atoms with Gasteiger partial charge in [0, 0.05) is 17.2 Å². The topological polar surface area (TPSA) is 17.1 Å². The quantitative estimate of drug-likeness (QED) is 0.684. The monoisotopic (exact) mass is 180 g/mol. The van der Waals surface area contributed by atoms with Gasteiger partial charge in [-0.25, -0.2) is 0 Å². The molecule has 1 aliphatic carbocycles. The Morgan fingerprint density at radius 2 is 2.50 bits per heavy atom. The molecule has 2 rings (SSSR count). The van der Waals surface area contributed by atoms with Crippen LogP contribution in [0.2, 0.25) is 0 Å². The minimum Gasteiger partial charge on any atom is -0.299 e. The van der Waals surface area contributed by atoms with Gasteiger partial charge in [0.1, 0.15) is 5.78 Å². The minimum atomic E-state index is 0.337. The maximum absolute atomic E-state index is 11.3. The highest BCUT2D eigenvalue weighted by atomic mass is 32.1. The van der Waals surface area contributed by atoms with Gasteiger partial charge in [-0.2, -0.15) is 0 Å². The molecular formula is C10H12OS. The molecule has 0 radical (unpaired) electrons. The molecule has 1 saturated carbocycles. The van der Waals surface area contributed by atoms with Crippen LogP contribution < -0.4 is 0 Å². The fourth-order valence-corrected chi connectivity index (χ4v) is 2.56. The van der Waals surface area contributed by atoms with Crippen LogP contribution in [0.4, 0.5) is 0 Å². The van der Waals surface area contributed by atoms with Gasteiger partial charge in [0.15, 0.2) is 0 Å². The number of rotatable bonds is 2. The molecule has 0 amide bonds. The van der Waals surface area contributed by atoms with Gasteiger partial charge in [0.05, 0.1) is 0 Å². The third-order valence-corrected chi connectivity index (χ3v) is 3.36. The summed E-state index contributed by atoms with van der Waals surface area (Å²) in [5.41, 5.74) is 0. The molecule has 1 heterocycles. The van der Waals surface area contributed by atoms with Crippen molar-refractivity contribution < 1.29 is 4.79 Å². The molecule has 0 saturated heterocycles. The van der Waals surface area contributed by atoms with E-state index in [1.807, 2.05) is 0 Å². The SMILES string of the molecule is O=C1CCCC1Cc1cccs1. The molecule has 1 nitrogen and oxygen atoms in total. The van der Waals surface area contributed by atoms with Gasteiger partial charge in [0.2, 0.25) is 0 Å². The second-order valence-electron chi connectivity index (χ2n) is 3.34. The summed E-state index contributed by atoms with van der Waals surface area (Å²) in [5, 5.41) is 2.08. The summed E-state index contributed by atoms with van der Waals surface area (Å²) < 4.78 is 0. The van der Waals surface area contributed by atoms with E-state index < -0.39 is 0 Å². The highest BCUT2D eigenvalue weighted by Crippen LogP contribution is 2.26. The van der Waals surface area contributed by atoms with Crippen LogP contribution in [0.25, 0.3) is 0 Å². The maximum atomic E-state index is 11.3. The number of hydrogen-bond acceptors (Lipinski definition) is 2. The Morgan fingerprint density at radius 1 is 1.58 bits per heavy atom. The summed E-state index contributed by atoms with van der Waals surface area (Å²) in [7, 11) is 0. The molecule has 64 valence electrons.